The Morgan fingerprint density at radius 3 is 2.84 bits per heavy atom. The lowest BCUT2D eigenvalue weighted by atomic mass is 10.0. The third-order valence-corrected chi connectivity index (χ3v) is 4.63. The first-order valence-corrected chi connectivity index (χ1v) is 8.73. The molecule has 0 spiro atoms. The van der Waals surface area contributed by atoms with Crippen molar-refractivity contribution in [3.63, 3.8) is 0 Å². The molecule has 3 rings (SSSR count). The number of nitrogens with zero attached hydrogens (tertiary/aromatic N) is 2. The second-order valence-corrected chi connectivity index (χ2v) is 6.44. The molecular weight excluding hydrogens is 336 g/mol. The van der Waals surface area contributed by atoms with Crippen LogP contribution in [0.15, 0.2) is 47.5 Å². The number of methoxy groups -OCH3 is 1. The Morgan fingerprint density at radius 2 is 2.08 bits per heavy atom. The molecule has 0 saturated carbocycles. The highest BCUT2D eigenvalue weighted by Gasteiger charge is 2.14. The molecule has 0 saturated heterocycles. The zero-order valence-corrected chi connectivity index (χ0v) is 15.1. The minimum Gasteiger partial charge on any atom is -0.495 e. The van der Waals surface area contributed by atoms with Crippen molar-refractivity contribution in [3.05, 3.63) is 58.6 Å². The number of hydrogen-bond donors (Lipinski definition) is 2. The van der Waals surface area contributed by atoms with E-state index < -0.39 is 0 Å². The maximum atomic E-state index is 6.11. The highest BCUT2D eigenvalue weighted by molar-refractivity contribution is 6.32. The molecule has 2 aromatic carbocycles. The van der Waals surface area contributed by atoms with Crippen LogP contribution >= 0.6 is 11.6 Å². The summed E-state index contributed by atoms with van der Waals surface area (Å²) in [6, 6.07) is 14.0. The molecule has 3 N–H and O–H groups in total. The molecule has 25 heavy (non-hydrogen) atoms. The summed E-state index contributed by atoms with van der Waals surface area (Å²) in [6.45, 7) is 3.59. The molecule has 6 heteroatoms. The van der Waals surface area contributed by atoms with Gasteiger partial charge in [-0.25, -0.2) is 0 Å². The second-order valence-electron chi connectivity index (χ2n) is 6.04. The number of ether oxygens (including phenoxy) is 1. The first-order valence-electron chi connectivity index (χ1n) is 8.35. The molecule has 0 atom stereocenters. The number of rotatable bonds is 5. The SMILES string of the molecule is COc1ccc(NC(N)=NCCN2CCc3ccccc3C2)cc1Cl. The fraction of sp³-hybridized carbons (Fsp3) is 0.316. The van der Waals surface area contributed by atoms with E-state index in [4.69, 9.17) is 22.1 Å². The molecule has 0 fully saturated rings. The van der Waals surface area contributed by atoms with Crippen LogP contribution in [0.1, 0.15) is 11.1 Å². The standard InChI is InChI=1S/C19H23ClN4O/c1-25-18-7-6-16(12-17(18)20)23-19(21)22-9-11-24-10-8-14-4-2-3-5-15(14)13-24/h2-7,12H,8-11,13H2,1H3,(H3,21,22,23). The topological polar surface area (TPSA) is 62.9 Å². The van der Waals surface area contributed by atoms with Crippen LogP contribution in [0.5, 0.6) is 5.75 Å². The van der Waals surface area contributed by atoms with Crippen molar-refractivity contribution in [2.75, 3.05) is 32.1 Å². The number of guanidine groups is 1. The van der Waals surface area contributed by atoms with Gasteiger partial charge in [-0.05, 0) is 35.7 Å². The van der Waals surface area contributed by atoms with Crippen LogP contribution in [0.2, 0.25) is 5.02 Å². The van der Waals surface area contributed by atoms with E-state index in [1.54, 1.807) is 19.2 Å². The fourth-order valence-electron chi connectivity index (χ4n) is 2.99. The summed E-state index contributed by atoms with van der Waals surface area (Å²) in [5.74, 6) is 1.02. The Bertz CT molecular complexity index is 763. The van der Waals surface area contributed by atoms with E-state index in [9.17, 15) is 0 Å². The van der Waals surface area contributed by atoms with Gasteiger partial charge in [0.15, 0.2) is 5.96 Å². The lowest BCUT2D eigenvalue weighted by molar-refractivity contribution is 0.262. The van der Waals surface area contributed by atoms with Crippen molar-refractivity contribution in [1.82, 2.24) is 4.90 Å². The molecule has 0 aliphatic carbocycles. The number of halogens is 1. The molecule has 0 radical (unpaired) electrons. The average Bonchev–Trinajstić information content (AvgIpc) is 2.62. The number of benzene rings is 2. The van der Waals surface area contributed by atoms with E-state index in [-0.39, 0.29) is 0 Å². The van der Waals surface area contributed by atoms with Gasteiger partial charge >= 0.3 is 0 Å². The monoisotopic (exact) mass is 358 g/mol. The molecule has 1 heterocycles. The first kappa shape index (κ1) is 17.6. The van der Waals surface area contributed by atoms with Gasteiger partial charge in [0.1, 0.15) is 5.75 Å². The Labute approximate surface area is 153 Å². The maximum absolute atomic E-state index is 6.11. The number of anilines is 1. The van der Waals surface area contributed by atoms with Crippen LogP contribution in [0.3, 0.4) is 0 Å². The van der Waals surface area contributed by atoms with E-state index in [2.05, 4.69) is 39.5 Å². The van der Waals surface area contributed by atoms with Gasteiger partial charge in [0.2, 0.25) is 0 Å². The van der Waals surface area contributed by atoms with Crippen LogP contribution in [-0.4, -0.2) is 37.6 Å². The Kier molecular flexibility index (Phi) is 5.79. The highest BCUT2D eigenvalue weighted by atomic mass is 35.5. The molecule has 0 amide bonds. The molecule has 132 valence electrons. The molecule has 1 aliphatic rings. The number of nitrogens with two attached hydrogens (primary N) is 1. The van der Waals surface area contributed by atoms with Crippen LogP contribution < -0.4 is 15.8 Å². The van der Waals surface area contributed by atoms with Gasteiger partial charge in [-0.2, -0.15) is 0 Å². The summed E-state index contributed by atoms with van der Waals surface area (Å²) in [5.41, 5.74) is 9.63. The molecule has 0 unspecified atom stereocenters. The quantitative estimate of drug-likeness (QED) is 0.636. The summed E-state index contributed by atoms with van der Waals surface area (Å²) in [5, 5.41) is 3.59. The number of hydrogen-bond acceptors (Lipinski definition) is 3. The second kappa shape index (κ2) is 8.23. The molecule has 0 aromatic heterocycles. The Hall–Kier alpha value is -2.24. The van der Waals surface area contributed by atoms with Crippen LogP contribution in [0, 0.1) is 0 Å². The molecule has 2 aromatic rings. The smallest absolute Gasteiger partial charge is 0.193 e. The third kappa shape index (κ3) is 4.65. The normalized spacial score (nSPS) is 14.9. The average molecular weight is 359 g/mol. The van der Waals surface area contributed by atoms with E-state index >= 15 is 0 Å². The summed E-state index contributed by atoms with van der Waals surface area (Å²) >= 11 is 6.11. The molecule has 0 bridgehead atoms. The summed E-state index contributed by atoms with van der Waals surface area (Å²) < 4.78 is 5.14. The first-order chi connectivity index (χ1) is 12.2. The van der Waals surface area contributed by atoms with Crippen molar-refractivity contribution < 1.29 is 4.74 Å². The van der Waals surface area contributed by atoms with Crippen LogP contribution in [-0.2, 0) is 13.0 Å². The minimum absolute atomic E-state index is 0.388. The largest absolute Gasteiger partial charge is 0.495 e. The van der Waals surface area contributed by atoms with Crippen molar-refractivity contribution >= 4 is 23.2 Å². The number of nitrogens with one attached hydrogen (secondary N) is 1. The van der Waals surface area contributed by atoms with Gasteiger partial charge in [-0.1, -0.05) is 35.9 Å². The summed E-state index contributed by atoms with van der Waals surface area (Å²) in [6.07, 6.45) is 1.10. The van der Waals surface area contributed by atoms with Gasteiger partial charge in [0.05, 0.1) is 18.7 Å². The van der Waals surface area contributed by atoms with Crippen molar-refractivity contribution in [2.45, 2.75) is 13.0 Å². The molecular formula is C19H23ClN4O. The van der Waals surface area contributed by atoms with Gasteiger partial charge in [0, 0.05) is 25.3 Å². The Balaban J connectivity index is 1.50. The van der Waals surface area contributed by atoms with E-state index in [1.807, 2.05) is 6.07 Å². The zero-order valence-electron chi connectivity index (χ0n) is 14.3. The van der Waals surface area contributed by atoms with E-state index in [0.29, 0.717) is 23.3 Å². The fourth-order valence-corrected chi connectivity index (χ4v) is 3.25. The third-order valence-electron chi connectivity index (χ3n) is 4.33. The molecule has 5 nitrogen and oxygen atoms in total. The number of aliphatic imine (C=N–C) groups is 1. The van der Waals surface area contributed by atoms with E-state index in [0.717, 1.165) is 31.7 Å². The van der Waals surface area contributed by atoms with Crippen molar-refractivity contribution in [1.29, 1.82) is 0 Å². The lowest BCUT2D eigenvalue weighted by Gasteiger charge is -2.28. The summed E-state index contributed by atoms with van der Waals surface area (Å²) in [4.78, 5) is 6.82. The van der Waals surface area contributed by atoms with Gasteiger partial charge in [-0.3, -0.25) is 9.89 Å². The zero-order chi connectivity index (χ0) is 17.6. The molecule has 1 aliphatic heterocycles. The van der Waals surface area contributed by atoms with Gasteiger partial charge in [0.25, 0.3) is 0 Å². The minimum atomic E-state index is 0.388. The van der Waals surface area contributed by atoms with Gasteiger partial charge in [-0.15, -0.1) is 0 Å². The Morgan fingerprint density at radius 1 is 1.28 bits per heavy atom. The van der Waals surface area contributed by atoms with Crippen molar-refractivity contribution in [3.8, 4) is 5.75 Å². The van der Waals surface area contributed by atoms with Crippen LogP contribution in [0.25, 0.3) is 0 Å². The van der Waals surface area contributed by atoms with E-state index in [1.165, 1.54) is 11.1 Å². The maximum Gasteiger partial charge on any atom is 0.193 e. The predicted molar refractivity (Wildman–Crippen MR) is 104 cm³/mol. The van der Waals surface area contributed by atoms with Crippen LogP contribution in [0.4, 0.5) is 5.69 Å². The number of fused-ring (bicyclic) bond motifs is 1. The predicted octanol–water partition coefficient (Wildman–Crippen LogP) is 3.13. The van der Waals surface area contributed by atoms with Gasteiger partial charge < -0.3 is 15.8 Å². The lowest BCUT2D eigenvalue weighted by Crippen LogP contribution is -2.33. The van der Waals surface area contributed by atoms with Crippen molar-refractivity contribution in [2.24, 2.45) is 10.7 Å². The summed E-state index contributed by atoms with van der Waals surface area (Å²) in [7, 11) is 1.59. The highest BCUT2D eigenvalue weighted by Crippen LogP contribution is 2.27.